The molecule has 0 saturated carbocycles. The molecule has 0 aliphatic rings. The molecule has 3 amide bonds. The van der Waals surface area contributed by atoms with Gasteiger partial charge in [0, 0.05) is 24.1 Å². The van der Waals surface area contributed by atoms with Crippen molar-refractivity contribution in [3.8, 4) is 10.6 Å². The second-order valence-electron chi connectivity index (χ2n) is 8.64. The lowest BCUT2D eigenvalue weighted by Gasteiger charge is -2.19. The average Bonchev–Trinajstić information content (AvgIpc) is 3.19. The van der Waals surface area contributed by atoms with Gasteiger partial charge in [0.15, 0.2) is 0 Å². The second kappa shape index (κ2) is 10.4. The van der Waals surface area contributed by atoms with Gasteiger partial charge in [-0.05, 0) is 30.0 Å². The van der Waals surface area contributed by atoms with Gasteiger partial charge in [-0.1, -0.05) is 63.2 Å². The summed E-state index contributed by atoms with van der Waals surface area (Å²) in [6.45, 7) is 8.23. The van der Waals surface area contributed by atoms with Crippen molar-refractivity contribution in [3.63, 3.8) is 0 Å². The molecule has 8 heteroatoms. The molecule has 0 atom stereocenters. The van der Waals surface area contributed by atoms with Crippen LogP contribution in [0, 0.1) is 6.92 Å². The molecule has 3 rings (SSSR count). The van der Waals surface area contributed by atoms with Crippen LogP contribution in [0.1, 0.15) is 58.5 Å². The number of carbonyl (C=O) groups excluding carboxylic acids is 3. The zero-order valence-electron chi connectivity index (χ0n) is 19.2. The van der Waals surface area contributed by atoms with Crippen LogP contribution in [0.4, 0.5) is 0 Å². The third-order valence-corrected chi connectivity index (χ3v) is 6.20. The van der Waals surface area contributed by atoms with Crippen LogP contribution in [0.3, 0.4) is 0 Å². The van der Waals surface area contributed by atoms with Crippen LogP contribution < -0.4 is 16.2 Å². The fourth-order valence-electron chi connectivity index (χ4n) is 3.07. The molecular weight excluding hydrogens is 436 g/mol. The van der Waals surface area contributed by atoms with Crippen LogP contribution in [0.15, 0.2) is 54.6 Å². The Balaban J connectivity index is 1.45. The summed E-state index contributed by atoms with van der Waals surface area (Å²) in [5.74, 6) is -1.08. The molecule has 2 aromatic carbocycles. The maximum atomic E-state index is 12.5. The van der Waals surface area contributed by atoms with Gasteiger partial charge in [-0.15, -0.1) is 11.3 Å². The van der Waals surface area contributed by atoms with E-state index in [1.54, 1.807) is 19.1 Å². The van der Waals surface area contributed by atoms with Crippen LogP contribution >= 0.6 is 11.3 Å². The van der Waals surface area contributed by atoms with Gasteiger partial charge in [0.1, 0.15) is 9.88 Å². The summed E-state index contributed by atoms with van der Waals surface area (Å²) in [5.41, 5.74) is 8.00. The molecular formula is C25H28N4O3S. The standard InChI is InChI=1S/C25H28N4O3S/c1-16-21(33-24(27-16)18-8-6-5-7-9-18)23(32)29-28-20(30)14-15-26-22(31)17-10-12-19(13-11-17)25(2,3)4/h5-13H,14-15H2,1-4H3,(H,26,31)(H,28,30)(H,29,32). The van der Waals surface area contributed by atoms with Crippen molar-refractivity contribution in [2.75, 3.05) is 6.54 Å². The Bertz CT molecular complexity index is 1130. The number of aryl methyl sites for hydroxylation is 1. The molecule has 3 N–H and O–H groups in total. The minimum atomic E-state index is -0.427. The first kappa shape index (κ1) is 24.1. The highest BCUT2D eigenvalue weighted by Crippen LogP contribution is 2.27. The highest BCUT2D eigenvalue weighted by atomic mass is 32.1. The Kier molecular flexibility index (Phi) is 7.60. The zero-order chi connectivity index (χ0) is 24.0. The molecule has 0 spiro atoms. The Morgan fingerprint density at radius 2 is 1.58 bits per heavy atom. The normalized spacial score (nSPS) is 11.0. The summed E-state index contributed by atoms with van der Waals surface area (Å²) in [6.07, 6.45) is 0.0308. The van der Waals surface area contributed by atoms with Gasteiger partial charge in [0.25, 0.3) is 11.8 Å². The lowest BCUT2D eigenvalue weighted by atomic mass is 9.87. The van der Waals surface area contributed by atoms with E-state index < -0.39 is 11.8 Å². The molecule has 0 bridgehead atoms. The first-order valence-corrected chi connectivity index (χ1v) is 11.5. The van der Waals surface area contributed by atoms with Crippen molar-refractivity contribution in [2.24, 2.45) is 0 Å². The Morgan fingerprint density at radius 3 is 2.21 bits per heavy atom. The van der Waals surface area contributed by atoms with Crippen LogP contribution in [-0.2, 0) is 10.2 Å². The number of hydrogen-bond donors (Lipinski definition) is 3. The number of hydrazine groups is 1. The van der Waals surface area contributed by atoms with Crippen molar-refractivity contribution < 1.29 is 14.4 Å². The van der Waals surface area contributed by atoms with Crippen molar-refractivity contribution >= 4 is 29.1 Å². The van der Waals surface area contributed by atoms with E-state index in [1.165, 1.54) is 11.3 Å². The maximum Gasteiger partial charge on any atom is 0.281 e. The largest absolute Gasteiger partial charge is 0.352 e. The summed E-state index contributed by atoms with van der Waals surface area (Å²) >= 11 is 1.26. The second-order valence-corrected chi connectivity index (χ2v) is 9.63. The van der Waals surface area contributed by atoms with Gasteiger partial charge in [-0.3, -0.25) is 25.2 Å². The van der Waals surface area contributed by atoms with Gasteiger partial charge in [0.05, 0.1) is 5.69 Å². The minimum absolute atomic E-state index is 0.0123. The maximum absolute atomic E-state index is 12.5. The molecule has 1 aromatic heterocycles. The molecule has 3 aromatic rings. The van der Waals surface area contributed by atoms with Gasteiger partial charge in [-0.25, -0.2) is 4.98 Å². The molecule has 0 radical (unpaired) electrons. The van der Waals surface area contributed by atoms with Gasteiger partial charge in [0.2, 0.25) is 5.91 Å². The Labute approximate surface area is 197 Å². The molecule has 7 nitrogen and oxygen atoms in total. The average molecular weight is 465 g/mol. The number of amides is 3. The van der Waals surface area contributed by atoms with Gasteiger partial charge in [-0.2, -0.15) is 0 Å². The highest BCUT2D eigenvalue weighted by Gasteiger charge is 2.17. The number of hydrogen-bond acceptors (Lipinski definition) is 5. The third kappa shape index (κ3) is 6.49. The SMILES string of the molecule is Cc1nc(-c2ccccc2)sc1C(=O)NNC(=O)CCNC(=O)c1ccc(C(C)(C)C)cc1. The number of nitrogens with one attached hydrogen (secondary N) is 3. The molecule has 0 saturated heterocycles. The number of thiazole rings is 1. The van der Waals surface area contributed by atoms with Gasteiger partial charge >= 0.3 is 0 Å². The third-order valence-electron chi connectivity index (χ3n) is 4.99. The lowest BCUT2D eigenvalue weighted by Crippen LogP contribution is -2.42. The van der Waals surface area contributed by atoms with E-state index in [4.69, 9.17) is 0 Å². The minimum Gasteiger partial charge on any atom is -0.352 e. The Morgan fingerprint density at radius 1 is 0.909 bits per heavy atom. The van der Waals surface area contributed by atoms with Crippen LogP contribution in [0.25, 0.3) is 10.6 Å². The smallest absolute Gasteiger partial charge is 0.281 e. The van der Waals surface area contributed by atoms with Crippen LogP contribution in [0.5, 0.6) is 0 Å². The summed E-state index contributed by atoms with van der Waals surface area (Å²) in [6, 6.07) is 17.0. The van der Waals surface area contributed by atoms with E-state index in [9.17, 15) is 14.4 Å². The topological polar surface area (TPSA) is 100 Å². The van der Waals surface area contributed by atoms with E-state index in [0.717, 1.165) is 16.1 Å². The molecule has 0 aliphatic heterocycles. The van der Waals surface area contributed by atoms with E-state index in [0.29, 0.717) is 16.1 Å². The molecule has 0 fully saturated rings. The fourth-order valence-corrected chi connectivity index (χ4v) is 4.04. The predicted molar refractivity (Wildman–Crippen MR) is 130 cm³/mol. The lowest BCUT2D eigenvalue weighted by molar-refractivity contribution is -0.121. The highest BCUT2D eigenvalue weighted by molar-refractivity contribution is 7.17. The molecule has 0 aliphatic carbocycles. The van der Waals surface area contributed by atoms with E-state index in [1.807, 2.05) is 42.5 Å². The number of nitrogens with zero attached hydrogens (tertiary/aromatic N) is 1. The van der Waals surface area contributed by atoms with E-state index in [2.05, 4.69) is 41.9 Å². The fraction of sp³-hybridized carbons (Fsp3) is 0.280. The molecule has 0 unspecified atom stereocenters. The Hall–Kier alpha value is -3.52. The number of rotatable bonds is 6. The zero-order valence-corrected chi connectivity index (χ0v) is 20.0. The molecule has 1 heterocycles. The van der Waals surface area contributed by atoms with E-state index >= 15 is 0 Å². The van der Waals surface area contributed by atoms with Crippen LogP contribution in [0.2, 0.25) is 0 Å². The van der Waals surface area contributed by atoms with Crippen molar-refractivity contribution in [1.29, 1.82) is 0 Å². The summed E-state index contributed by atoms with van der Waals surface area (Å²) < 4.78 is 0. The summed E-state index contributed by atoms with van der Waals surface area (Å²) in [5, 5.41) is 3.46. The van der Waals surface area contributed by atoms with Crippen molar-refractivity contribution in [1.82, 2.24) is 21.2 Å². The monoisotopic (exact) mass is 464 g/mol. The van der Waals surface area contributed by atoms with Crippen molar-refractivity contribution in [3.05, 3.63) is 76.3 Å². The molecule has 33 heavy (non-hydrogen) atoms. The number of benzene rings is 2. The number of aromatic nitrogens is 1. The summed E-state index contributed by atoms with van der Waals surface area (Å²) in [7, 11) is 0. The summed E-state index contributed by atoms with van der Waals surface area (Å²) in [4.78, 5) is 41.7. The number of carbonyl (C=O) groups is 3. The van der Waals surface area contributed by atoms with Gasteiger partial charge < -0.3 is 5.32 Å². The van der Waals surface area contributed by atoms with E-state index in [-0.39, 0.29) is 24.3 Å². The predicted octanol–water partition coefficient (Wildman–Crippen LogP) is 4.00. The van der Waals surface area contributed by atoms with Crippen LogP contribution in [-0.4, -0.2) is 29.3 Å². The molecule has 172 valence electrons. The van der Waals surface area contributed by atoms with Crippen molar-refractivity contribution in [2.45, 2.75) is 39.5 Å². The quantitative estimate of drug-likeness (QED) is 0.480. The first-order valence-electron chi connectivity index (χ1n) is 10.7. The first-order chi connectivity index (χ1) is 15.6.